The molecule has 1 unspecified atom stereocenters. The van der Waals surface area contributed by atoms with Crippen molar-refractivity contribution < 1.29 is 24.2 Å². The maximum absolute atomic E-state index is 12.4. The van der Waals surface area contributed by atoms with Crippen LogP contribution in [0.5, 0.6) is 0 Å². The van der Waals surface area contributed by atoms with Gasteiger partial charge in [0.05, 0.1) is 12.5 Å². The summed E-state index contributed by atoms with van der Waals surface area (Å²) in [5.74, 6) is -1.96. The quantitative estimate of drug-likeness (QED) is 0.775. The van der Waals surface area contributed by atoms with Crippen LogP contribution < -0.4 is 0 Å². The van der Waals surface area contributed by atoms with Gasteiger partial charge in [-0.15, -0.1) is 0 Å². The van der Waals surface area contributed by atoms with Crippen molar-refractivity contribution in [2.24, 2.45) is 0 Å². The molecular weight excluding hydrogens is 310 g/mol. The van der Waals surface area contributed by atoms with Crippen LogP contribution in [0.4, 0.5) is 0 Å². The molecule has 6 nitrogen and oxygen atoms in total. The first-order valence-electron chi connectivity index (χ1n) is 7.88. The largest absolute Gasteiger partial charge is 0.481 e. The Morgan fingerprint density at radius 2 is 1.71 bits per heavy atom. The molecule has 132 valence electrons. The smallest absolute Gasteiger partial charge is 0.326 e. The van der Waals surface area contributed by atoms with Crippen molar-refractivity contribution in [2.75, 3.05) is 6.54 Å². The molecule has 0 saturated heterocycles. The number of esters is 1. The molecule has 24 heavy (non-hydrogen) atoms. The van der Waals surface area contributed by atoms with Crippen LogP contribution in [-0.2, 0) is 19.1 Å². The zero-order valence-electron chi connectivity index (χ0n) is 14.6. The van der Waals surface area contributed by atoms with E-state index in [1.807, 2.05) is 30.3 Å². The van der Waals surface area contributed by atoms with Crippen LogP contribution in [0.15, 0.2) is 30.3 Å². The molecule has 0 fully saturated rings. The molecule has 0 aliphatic carbocycles. The molecular formula is C18H25NO5. The molecule has 6 heteroatoms. The monoisotopic (exact) mass is 335 g/mol. The van der Waals surface area contributed by atoms with Crippen molar-refractivity contribution in [1.82, 2.24) is 4.90 Å². The number of benzene rings is 1. The van der Waals surface area contributed by atoms with Gasteiger partial charge in [-0.05, 0) is 33.3 Å². The van der Waals surface area contributed by atoms with Crippen LogP contribution >= 0.6 is 0 Å². The molecule has 1 atom stereocenters. The Morgan fingerprint density at radius 3 is 2.21 bits per heavy atom. The summed E-state index contributed by atoms with van der Waals surface area (Å²) < 4.78 is 5.28. The van der Waals surface area contributed by atoms with Gasteiger partial charge in [0, 0.05) is 6.42 Å². The molecule has 0 aliphatic rings. The first kappa shape index (κ1) is 19.7. The van der Waals surface area contributed by atoms with Crippen molar-refractivity contribution in [1.29, 1.82) is 0 Å². The highest BCUT2D eigenvalue weighted by Crippen LogP contribution is 2.21. The molecule has 0 radical (unpaired) electrons. The van der Waals surface area contributed by atoms with Gasteiger partial charge in [0.2, 0.25) is 5.91 Å². The van der Waals surface area contributed by atoms with Gasteiger partial charge >= 0.3 is 11.9 Å². The van der Waals surface area contributed by atoms with E-state index in [0.717, 1.165) is 5.56 Å². The Hall–Kier alpha value is -2.37. The van der Waals surface area contributed by atoms with Crippen molar-refractivity contribution in [3.05, 3.63) is 35.9 Å². The molecule has 1 amide bonds. The van der Waals surface area contributed by atoms with Gasteiger partial charge in [0.15, 0.2) is 0 Å². The third kappa shape index (κ3) is 6.81. The van der Waals surface area contributed by atoms with Gasteiger partial charge in [-0.1, -0.05) is 30.3 Å². The maximum atomic E-state index is 12.4. The minimum Gasteiger partial charge on any atom is -0.481 e. The van der Waals surface area contributed by atoms with E-state index in [4.69, 9.17) is 9.84 Å². The summed E-state index contributed by atoms with van der Waals surface area (Å²) in [6.07, 6.45) is -0.430. The van der Waals surface area contributed by atoms with E-state index in [2.05, 4.69) is 0 Å². The van der Waals surface area contributed by atoms with E-state index >= 15 is 0 Å². The predicted molar refractivity (Wildman–Crippen MR) is 89.3 cm³/mol. The Balaban J connectivity index is 2.92. The van der Waals surface area contributed by atoms with Crippen molar-refractivity contribution in [3.63, 3.8) is 0 Å². The molecule has 1 N–H and O–H groups in total. The number of nitrogens with zero attached hydrogens (tertiary/aromatic N) is 1. The number of hydrogen-bond acceptors (Lipinski definition) is 4. The average molecular weight is 335 g/mol. The zero-order valence-corrected chi connectivity index (χ0v) is 14.6. The van der Waals surface area contributed by atoms with Crippen molar-refractivity contribution in [2.45, 2.75) is 52.2 Å². The Labute approximate surface area is 142 Å². The highest BCUT2D eigenvalue weighted by Gasteiger charge is 2.26. The summed E-state index contributed by atoms with van der Waals surface area (Å²) >= 11 is 0. The summed E-state index contributed by atoms with van der Waals surface area (Å²) in [5.41, 5.74) is 0.216. The zero-order chi connectivity index (χ0) is 18.3. The summed E-state index contributed by atoms with van der Waals surface area (Å²) in [7, 11) is 0. The summed E-state index contributed by atoms with van der Waals surface area (Å²) in [5, 5.41) is 8.77. The van der Waals surface area contributed by atoms with E-state index in [9.17, 15) is 14.4 Å². The Morgan fingerprint density at radius 1 is 1.12 bits per heavy atom. The lowest BCUT2D eigenvalue weighted by molar-refractivity contribution is -0.160. The average Bonchev–Trinajstić information content (AvgIpc) is 2.48. The molecule has 0 spiro atoms. The van der Waals surface area contributed by atoms with Gasteiger partial charge in [-0.3, -0.25) is 14.4 Å². The maximum Gasteiger partial charge on any atom is 0.326 e. The van der Waals surface area contributed by atoms with Crippen LogP contribution in [0.2, 0.25) is 0 Å². The molecule has 0 aromatic heterocycles. The second kappa shape index (κ2) is 8.47. The number of ether oxygens (including phenoxy) is 1. The number of carbonyl (C=O) groups is 3. The van der Waals surface area contributed by atoms with E-state index < -0.39 is 17.5 Å². The fourth-order valence-corrected chi connectivity index (χ4v) is 2.22. The highest BCUT2D eigenvalue weighted by molar-refractivity contribution is 5.84. The molecule has 0 saturated carbocycles. The van der Waals surface area contributed by atoms with Crippen molar-refractivity contribution in [3.8, 4) is 0 Å². The predicted octanol–water partition coefficient (Wildman–Crippen LogP) is 2.78. The van der Waals surface area contributed by atoms with E-state index in [1.165, 1.54) is 4.90 Å². The van der Waals surface area contributed by atoms with Gasteiger partial charge in [0.1, 0.15) is 12.1 Å². The second-order valence-corrected chi connectivity index (χ2v) is 6.59. The van der Waals surface area contributed by atoms with Gasteiger partial charge in [-0.2, -0.15) is 0 Å². The fourth-order valence-electron chi connectivity index (χ4n) is 2.22. The third-order valence-corrected chi connectivity index (χ3v) is 3.34. The van der Waals surface area contributed by atoms with Crippen LogP contribution in [0, 0.1) is 0 Å². The van der Waals surface area contributed by atoms with Crippen molar-refractivity contribution >= 4 is 17.8 Å². The lowest BCUT2D eigenvalue weighted by Crippen LogP contribution is -2.40. The standard InChI is InChI=1S/C18H25NO5/c1-13(14-8-6-5-7-9-14)19(15(20)10-11-16(21)22)12-17(23)24-18(2,3)4/h5-9,13H,10-12H2,1-4H3,(H,21,22). The molecule has 0 heterocycles. The second-order valence-electron chi connectivity index (χ2n) is 6.59. The molecule has 1 rings (SSSR count). The first-order valence-corrected chi connectivity index (χ1v) is 7.88. The summed E-state index contributed by atoms with van der Waals surface area (Å²) in [6, 6.07) is 8.91. The molecule has 0 bridgehead atoms. The summed E-state index contributed by atoms with van der Waals surface area (Å²) in [6.45, 7) is 6.84. The molecule has 1 aromatic rings. The van der Waals surface area contributed by atoms with Crippen LogP contribution in [0.1, 0.15) is 52.1 Å². The Kier molecular flexibility index (Phi) is 6.95. The SMILES string of the molecule is CC(c1ccccc1)N(CC(=O)OC(C)(C)C)C(=O)CCC(=O)O. The number of amides is 1. The van der Waals surface area contributed by atoms with Crippen LogP contribution in [0.25, 0.3) is 0 Å². The van der Waals surface area contributed by atoms with E-state index in [0.29, 0.717) is 0 Å². The lowest BCUT2D eigenvalue weighted by atomic mass is 10.1. The number of carbonyl (C=O) groups excluding carboxylic acids is 2. The van der Waals surface area contributed by atoms with Gasteiger partial charge in [-0.25, -0.2) is 0 Å². The third-order valence-electron chi connectivity index (χ3n) is 3.34. The van der Waals surface area contributed by atoms with Crippen LogP contribution in [-0.4, -0.2) is 40.0 Å². The molecule has 1 aromatic carbocycles. The number of carboxylic acid groups (broad SMARTS) is 1. The van der Waals surface area contributed by atoms with E-state index in [-0.39, 0.29) is 31.3 Å². The number of hydrogen-bond donors (Lipinski definition) is 1. The summed E-state index contributed by atoms with van der Waals surface area (Å²) in [4.78, 5) is 36.6. The first-order chi connectivity index (χ1) is 11.1. The lowest BCUT2D eigenvalue weighted by Gasteiger charge is -2.30. The van der Waals surface area contributed by atoms with Crippen LogP contribution in [0.3, 0.4) is 0 Å². The minimum atomic E-state index is -1.05. The van der Waals surface area contributed by atoms with E-state index in [1.54, 1.807) is 27.7 Å². The number of rotatable bonds is 7. The topological polar surface area (TPSA) is 83.9 Å². The molecule has 0 aliphatic heterocycles. The number of carboxylic acids is 1. The number of aliphatic carboxylic acids is 1. The fraction of sp³-hybridized carbons (Fsp3) is 0.500. The Bertz CT molecular complexity index is 577. The highest BCUT2D eigenvalue weighted by atomic mass is 16.6. The minimum absolute atomic E-state index is 0.157. The van der Waals surface area contributed by atoms with Gasteiger partial charge < -0.3 is 14.7 Å². The van der Waals surface area contributed by atoms with Gasteiger partial charge in [0.25, 0.3) is 0 Å². The normalized spacial score (nSPS) is 12.3.